The van der Waals surface area contributed by atoms with Crippen LogP contribution in [0.15, 0.2) is 42.5 Å². The molecule has 0 radical (unpaired) electrons. The summed E-state index contributed by atoms with van der Waals surface area (Å²) in [4.78, 5) is 12.3. The number of ether oxygens (including phenoxy) is 1. The molecule has 0 aliphatic heterocycles. The molecule has 0 aliphatic rings. The standard InChI is InChI=1S/C16H15ClFNO2/c1-10(12-5-3-4-6-14(12)17)19-16(20)13-9-11(18)7-8-15(13)21-2/h3-10H,1-2H3,(H,19,20). The van der Waals surface area contributed by atoms with E-state index in [2.05, 4.69) is 5.32 Å². The monoisotopic (exact) mass is 307 g/mol. The number of methoxy groups -OCH3 is 1. The Kier molecular flexibility index (Phi) is 4.81. The maximum Gasteiger partial charge on any atom is 0.255 e. The molecule has 2 aromatic carbocycles. The number of carbonyl (C=O) groups is 1. The molecule has 0 heterocycles. The fourth-order valence-electron chi connectivity index (χ4n) is 2.04. The molecule has 1 N–H and O–H groups in total. The van der Waals surface area contributed by atoms with E-state index in [1.165, 1.54) is 19.2 Å². The second-order valence-electron chi connectivity index (χ2n) is 4.56. The molecule has 0 aromatic heterocycles. The Labute approximate surface area is 127 Å². The lowest BCUT2D eigenvalue weighted by molar-refractivity contribution is 0.0936. The fourth-order valence-corrected chi connectivity index (χ4v) is 2.34. The first kappa shape index (κ1) is 15.3. The predicted molar refractivity (Wildman–Crippen MR) is 80.3 cm³/mol. The van der Waals surface area contributed by atoms with Gasteiger partial charge in [0.2, 0.25) is 0 Å². The van der Waals surface area contributed by atoms with Gasteiger partial charge in [-0.15, -0.1) is 0 Å². The Morgan fingerprint density at radius 1 is 1.29 bits per heavy atom. The summed E-state index contributed by atoms with van der Waals surface area (Å²) in [5, 5.41) is 3.35. The molecule has 0 fully saturated rings. The van der Waals surface area contributed by atoms with Crippen LogP contribution in [-0.2, 0) is 0 Å². The molecular formula is C16H15ClFNO2. The lowest BCUT2D eigenvalue weighted by Gasteiger charge is -2.16. The molecule has 2 aromatic rings. The van der Waals surface area contributed by atoms with Crippen molar-refractivity contribution < 1.29 is 13.9 Å². The Balaban J connectivity index is 2.22. The zero-order valence-corrected chi connectivity index (χ0v) is 12.4. The van der Waals surface area contributed by atoms with Crippen molar-refractivity contribution in [3.63, 3.8) is 0 Å². The minimum atomic E-state index is -0.494. The lowest BCUT2D eigenvalue weighted by atomic mass is 10.1. The molecule has 0 bridgehead atoms. The summed E-state index contributed by atoms with van der Waals surface area (Å²) in [7, 11) is 1.43. The van der Waals surface area contributed by atoms with Gasteiger partial charge in [0.25, 0.3) is 5.91 Å². The molecule has 5 heteroatoms. The molecule has 110 valence electrons. The summed E-state index contributed by atoms with van der Waals surface area (Å²) in [5.41, 5.74) is 0.944. The molecule has 0 saturated heterocycles. The summed E-state index contributed by atoms with van der Waals surface area (Å²) < 4.78 is 18.4. The van der Waals surface area contributed by atoms with E-state index in [9.17, 15) is 9.18 Å². The molecule has 0 aliphatic carbocycles. The highest BCUT2D eigenvalue weighted by Crippen LogP contribution is 2.24. The Morgan fingerprint density at radius 3 is 2.67 bits per heavy atom. The highest BCUT2D eigenvalue weighted by atomic mass is 35.5. The highest BCUT2D eigenvalue weighted by molar-refractivity contribution is 6.31. The van der Waals surface area contributed by atoms with Crippen LogP contribution in [0.3, 0.4) is 0 Å². The Bertz CT molecular complexity index is 660. The van der Waals surface area contributed by atoms with Gasteiger partial charge in [0, 0.05) is 5.02 Å². The van der Waals surface area contributed by atoms with Gasteiger partial charge < -0.3 is 10.1 Å². The zero-order valence-electron chi connectivity index (χ0n) is 11.7. The van der Waals surface area contributed by atoms with E-state index in [0.29, 0.717) is 10.8 Å². The second-order valence-corrected chi connectivity index (χ2v) is 4.97. The van der Waals surface area contributed by atoms with E-state index in [4.69, 9.17) is 16.3 Å². The average Bonchev–Trinajstić information content (AvgIpc) is 2.47. The van der Waals surface area contributed by atoms with Gasteiger partial charge in [-0.25, -0.2) is 4.39 Å². The fraction of sp³-hybridized carbons (Fsp3) is 0.188. The molecule has 1 unspecified atom stereocenters. The van der Waals surface area contributed by atoms with Gasteiger partial charge in [-0.1, -0.05) is 29.8 Å². The Hall–Kier alpha value is -2.07. The summed E-state index contributed by atoms with van der Waals surface area (Å²) in [6, 6.07) is 10.7. The van der Waals surface area contributed by atoms with E-state index in [1.807, 2.05) is 25.1 Å². The van der Waals surface area contributed by atoms with Gasteiger partial charge in [-0.2, -0.15) is 0 Å². The summed E-state index contributed by atoms with van der Waals surface area (Å²) >= 11 is 6.10. The third kappa shape index (κ3) is 3.52. The highest BCUT2D eigenvalue weighted by Gasteiger charge is 2.17. The minimum absolute atomic E-state index is 0.149. The molecule has 1 amide bonds. The number of halogens is 2. The minimum Gasteiger partial charge on any atom is -0.496 e. The van der Waals surface area contributed by atoms with E-state index in [1.54, 1.807) is 6.07 Å². The van der Waals surface area contributed by atoms with Crippen molar-refractivity contribution in [2.24, 2.45) is 0 Å². The molecule has 0 saturated carbocycles. The quantitative estimate of drug-likeness (QED) is 0.928. The van der Waals surface area contributed by atoms with Gasteiger partial charge >= 0.3 is 0 Å². The predicted octanol–water partition coefficient (Wildman–Crippen LogP) is 3.98. The number of hydrogen-bond donors (Lipinski definition) is 1. The van der Waals surface area contributed by atoms with Crippen LogP contribution in [0.2, 0.25) is 5.02 Å². The maximum absolute atomic E-state index is 13.3. The number of amides is 1. The van der Waals surface area contributed by atoms with Crippen molar-refractivity contribution >= 4 is 17.5 Å². The molecule has 21 heavy (non-hydrogen) atoms. The SMILES string of the molecule is COc1ccc(F)cc1C(=O)NC(C)c1ccccc1Cl. The zero-order chi connectivity index (χ0) is 15.4. The number of carbonyl (C=O) groups excluding carboxylic acids is 1. The smallest absolute Gasteiger partial charge is 0.255 e. The molecule has 1 atom stereocenters. The number of rotatable bonds is 4. The third-order valence-corrected chi connectivity index (χ3v) is 3.47. The van der Waals surface area contributed by atoms with E-state index >= 15 is 0 Å². The van der Waals surface area contributed by atoms with Crippen molar-refractivity contribution in [1.82, 2.24) is 5.32 Å². The summed E-state index contributed by atoms with van der Waals surface area (Å²) in [6.45, 7) is 1.81. The van der Waals surface area contributed by atoms with Crippen LogP contribution >= 0.6 is 11.6 Å². The van der Waals surface area contributed by atoms with Crippen LogP contribution in [0.4, 0.5) is 4.39 Å². The van der Waals surface area contributed by atoms with Crippen LogP contribution in [0.5, 0.6) is 5.75 Å². The third-order valence-electron chi connectivity index (χ3n) is 3.13. The van der Waals surface area contributed by atoms with Gasteiger partial charge in [-0.05, 0) is 36.8 Å². The number of nitrogens with one attached hydrogen (secondary N) is 1. The summed E-state index contributed by atoms with van der Waals surface area (Å²) in [6.07, 6.45) is 0. The van der Waals surface area contributed by atoms with Crippen LogP contribution < -0.4 is 10.1 Å². The van der Waals surface area contributed by atoms with Crippen molar-refractivity contribution in [3.8, 4) is 5.75 Å². The van der Waals surface area contributed by atoms with Crippen LogP contribution in [0.1, 0.15) is 28.9 Å². The van der Waals surface area contributed by atoms with Crippen molar-refractivity contribution in [1.29, 1.82) is 0 Å². The van der Waals surface area contributed by atoms with Crippen molar-refractivity contribution in [3.05, 3.63) is 64.4 Å². The van der Waals surface area contributed by atoms with Crippen molar-refractivity contribution in [2.75, 3.05) is 7.11 Å². The molecule has 3 nitrogen and oxygen atoms in total. The summed E-state index contributed by atoms with van der Waals surface area (Å²) in [5.74, 6) is -0.592. The van der Waals surface area contributed by atoms with Crippen LogP contribution in [0.25, 0.3) is 0 Å². The van der Waals surface area contributed by atoms with Crippen LogP contribution in [0, 0.1) is 5.82 Å². The van der Waals surface area contributed by atoms with Crippen LogP contribution in [-0.4, -0.2) is 13.0 Å². The van der Waals surface area contributed by atoms with E-state index in [-0.39, 0.29) is 11.6 Å². The first-order valence-electron chi connectivity index (χ1n) is 6.41. The molecule has 2 rings (SSSR count). The first-order chi connectivity index (χ1) is 10.0. The first-order valence-corrected chi connectivity index (χ1v) is 6.79. The molecule has 0 spiro atoms. The van der Waals surface area contributed by atoms with E-state index in [0.717, 1.165) is 11.6 Å². The van der Waals surface area contributed by atoms with Gasteiger partial charge in [0.05, 0.1) is 18.7 Å². The lowest BCUT2D eigenvalue weighted by Crippen LogP contribution is -2.27. The number of benzene rings is 2. The van der Waals surface area contributed by atoms with E-state index < -0.39 is 11.7 Å². The largest absolute Gasteiger partial charge is 0.496 e. The number of hydrogen-bond acceptors (Lipinski definition) is 2. The molecular weight excluding hydrogens is 293 g/mol. The normalized spacial score (nSPS) is 11.8. The Morgan fingerprint density at radius 2 is 2.00 bits per heavy atom. The average molecular weight is 308 g/mol. The maximum atomic E-state index is 13.3. The van der Waals surface area contributed by atoms with Gasteiger partial charge in [0.15, 0.2) is 0 Å². The van der Waals surface area contributed by atoms with Gasteiger partial charge in [-0.3, -0.25) is 4.79 Å². The topological polar surface area (TPSA) is 38.3 Å². The van der Waals surface area contributed by atoms with Gasteiger partial charge in [0.1, 0.15) is 11.6 Å². The second kappa shape index (κ2) is 6.59. The van der Waals surface area contributed by atoms with Crippen molar-refractivity contribution in [2.45, 2.75) is 13.0 Å².